The highest BCUT2D eigenvalue weighted by molar-refractivity contribution is 6.18. The Morgan fingerprint density at radius 1 is 1.42 bits per heavy atom. The normalized spacial score (nSPS) is 17.4. The number of nitrogens with one attached hydrogen (secondary N) is 1. The first-order chi connectivity index (χ1) is 9.08. The van der Waals surface area contributed by atoms with Crippen LogP contribution in [0.1, 0.15) is 41.6 Å². The number of phenols is 1. The molecule has 0 bridgehead atoms. The van der Waals surface area contributed by atoms with Gasteiger partial charge in [0, 0.05) is 17.8 Å². The summed E-state index contributed by atoms with van der Waals surface area (Å²) >= 11 is 6.05. The average Bonchev–Trinajstić information content (AvgIpc) is 2.89. The zero-order valence-electron chi connectivity index (χ0n) is 11.2. The van der Waals surface area contributed by atoms with Gasteiger partial charge >= 0.3 is 0 Å². The molecule has 1 aliphatic carbocycles. The Hall–Kier alpha value is -1.22. The first-order valence-corrected chi connectivity index (χ1v) is 7.24. The monoisotopic (exact) mass is 281 g/mol. The van der Waals surface area contributed by atoms with Crippen molar-refractivity contribution in [3.05, 3.63) is 29.3 Å². The van der Waals surface area contributed by atoms with E-state index in [1.54, 1.807) is 25.1 Å². The molecule has 1 aromatic carbocycles. The number of carbonyl (C=O) groups is 1. The minimum atomic E-state index is -0.224. The smallest absolute Gasteiger partial charge is 0.255 e. The summed E-state index contributed by atoms with van der Waals surface area (Å²) in [6, 6.07) is 5.19. The molecule has 0 aromatic heterocycles. The van der Waals surface area contributed by atoms with Crippen LogP contribution < -0.4 is 5.32 Å². The van der Waals surface area contributed by atoms with Crippen molar-refractivity contribution in [1.29, 1.82) is 0 Å². The first kappa shape index (κ1) is 14.2. The third kappa shape index (κ3) is 3.03. The van der Waals surface area contributed by atoms with Gasteiger partial charge < -0.3 is 10.4 Å². The summed E-state index contributed by atoms with van der Waals surface area (Å²) < 4.78 is 0. The second kappa shape index (κ2) is 5.83. The van der Waals surface area contributed by atoms with Crippen LogP contribution in [0.4, 0.5) is 0 Å². The third-order valence-corrected chi connectivity index (χ3v) is 4.62. The molecule has 1 aromatic rings. The van der Waals surface area contributed by atoms with E-state index < -0.39 is 0 Å². The van der Waals surface area contributed by atoms with Crippen molar-refractivity contribution in [2.24, 2.45) is 5.41 Å². The number of aromatic hydroxyl groups is 1. The molecule has 2 rings (SSSR count). The Labute approximate surface area is 119 Å². The highest BCUT2D eigenvalue weighted by Gasteiger charge is 2.33. The molecule has 0 aliphatic heterocycles. The van der Waals surface area contributed by atoms with Gasteiger partial charge in [0.25, 0.3) is 5.91 Å². The number of aryl methyl sites for hydroxylation is 1. The van der Waals surface area contributed by atoms with E-state index >= 15 is 0 Å². The summed E-state index contributed by atoms with van der Waals surface area (Å²) in [4.78, 5) is 12.1. The molecule has 1 fully saturated rings. The van der Waals surface area contributed by atoms with Crippen molar-refractivity contribution in [1.82, 2.24) is 5.32 Å². The lowest BCUT2D eigenvalue weighted by Crippen LogP contribution is -2.37. The van der Waals surface area contributed by atoms with Crippen molar-refractivity contribution in [2.75, 3.05) is 12.4 Å². The van der Waals surface area contributed by atoms with Crippen molar-refractivity contribution in [3.8, 4) is 5.75 Å². The Kier molecular flexibility index (Phi) is 4.35. The van der Waals surface area contributed by atoms with Gasteiger partial charge in [0.1, 0.15) is 5.75 Å². The number of benzene rings is 1. The predicted molar refractivity (Wildman–Crippen MR) is 76.8 cm³/mol. The number of para-hydroxylation sites is 1. The molecular weight excluding hydrogens is 262 g/mol. The lowest BCUT2D eigenvalue weighted by Gasteiger charge is -2.26. The van der Waals surface area contributed by atoms with Gasteiger partial charge in [-0.1, -0.05) is 25.0 Å². The first-order valence-electron chi connectivity index (χ1n) is 6.71. The lowest BCUT2D eigenvalue weighted by molar-refractivity contribution is 0.0932. The van der Waals surface area contributed by atoms with Gasteiger partial charge in [-0.3, -0.25) is 4.79 Å². The van der Waals surface area contributed by atoms with Crippen LogP contribution in [0.15, 0.2) is 18.2 Å². The molecule has 19 heavy (non-hydrogen) atoms. The summed E-state index contributed by atoms with van der Waals surface area (Å²) in [6.45, 7) is 2.37. The van der Waals surface area contributed by atoms with Crippen molar-refractivity contribution >= 4 is 17.5 Å². The topological polar surface area (TPSA) is 49.3 Å². The summed E-state index contributed by atoms with van der Waals surface area (Å²) in [7, 11) is 0. The van der Waals surface area contributed by atoms with E-state index in [9.17, 15) is 9.90 Å². The van der Waals surface area contributed by atoms with Crippen LogP contribution in [-0.4, -0.2) is 23.4 Å². The molecule has 0 radical (unpaired) electrons. The fourth-order valence-electron chi connectivity index (χ4n) is 2.69. The van der Waals surface area contributed by atoms with Gasteiger partial charge in [-0.2, -0.15) is 0 Å². The molecule has 3 nitrogen and oxygen atoms in total. The number of hydrogen-bond donors (Lipinski definition) is 2. The summed E-state index contributed by atoms with van der Waals surface area (Å²) in [5.41, 5.74) is 1.08. The molecule has 1 saturated carbocycles. The fraction of sp³-hybridized carbons (Fsp3) is 0.533. The number of phenolic OH excluding ortho intramolecular Hbond substituents is 1. The highest BCUT2D eigenvalue weighted by atomic mass is 35.5. The minimum Gasteiger partial charge on any atom is -0.507 e. The number of amides is 1. The quantitative estimate of drug-likeness (QED) is 0.833. The molecule has 0 heterocycles. The standard InChI is InChI=1S/C15H20ClNO2/c1-11-5-4-6-12(13(11)18)14(19)17-10-15(9-16)7-2-3-8-15/h4-6,18H,2-3,7-10H2,1H3,(H,17,19). The molecule has 1 amide bonds. The molecular formula is C15H20ClNO2. The summed E-state index contributed by atoms with van der Waals surface area (Å²) in [5.74, 6) is 0.413. The van der Waals surface area contributed by atoms with Gasteiger partial charge in [0.2, 0.25) is 0 Å². The third-order valence-electron chi connectivity index (χ3n) is 4.05. The zero-order chi connectivity index (χ0) is 13.9. The van der Waals surface area contributed by atoms with Gasteiger partial charge in [-0.25, -0.2) is 0 Å². The van der Waals surface area contributed by atoms with Crippen molar-refractivity contribution < 1.29 is 9.90 Å². The molecule has 1 aliphatic rings. The van der Waals surface area contributed by atoms with Gasteiger partial charge in [-0.15, -0.1) is 11.6 Å². The molecule has 0 unspecified atom stereocenters. The maximum Gasteiger partial charge on any atom is 0.255 e. The van der Waals surface area contributed by atoms with E-state index in [-0.39, 0.29) is 17.1 Å². The van der Waals surface area contributed by atoms with Gasteiger partial charge in [0.05, 0.1) is 5.56 Å². The second-order valence-corrected chi connectivity index (χ2v) is 5.76. The molecule has 0 saturated heterocycles. The number of alkyl halides is 1. The Balaban J connectivity index is 2.03. The van der Waals surface area contributed by atoms with E-state index in [1.807, 2.05) is 0 Å². The highest BCUT2D eigenvalue weighted by Crippen LogP contribution is 2.38. The van der Waals surface area contributed by atoms with E-state index in [0.29, 0.717) is 23.6 Å². The number of halogens is 1. The maximum absolute atomic E-state index is 12.1. The predicted octanol–water partition coefficient (Wildman–Crippen LogP) is 3.23. The van der Waals surface area contributed by atoms with Crippen LogP contribution in [0.5, 0.6) is 5.75 Å². The van der Waals surface area contributed by atoms with E-state index in [4.69, 9.17) is 11.6 Å². The zero-order valence-corrected chi connectivity index (χ0v) is 12.0. The van der Waals surface area contributed by atoms with Gasteiger partial charge in [0.15, 0.2) is 0 Å². The fourth-order valence-corrected chi connectivity index (χ4v) is 3.05. The molecule has 104 valence electrons. The van der Waals surface area contributed by atoms with Crippen LogP contribution >= 0.6 is 11.6 Å². The summed E-state index contributed by atoms with van der Waals surface area (Å²) in [6.07, 6.45) is 4.49. The average molecular weight is 282 g/mol. The molecule has 0 atom stereocenters. The number of carbonyl (C=O) groups excluding carboxylic acids is 1. The SMILES string of the molecule is Cc1cccc(C(=O)NCC2(CCl)CCCC2)c1O. The molecule has 0 spiro atoms. The largest absolute Gasteiger partial charge is 0.507 e. The lowest BCUT2D eigenvalue weighted by atomic mass is 9.88. The van der Waals surface area contributed by atoms with Gasteiger partial charge in [-0.05, 0) is 31.4 Å². The minimum absolute atomic E-state index is 0.0384. The van der Waals surface area contributed by atoms with Crippen LogP contribution in [-0.2, 0) is 0 Å². The summed E-state index contributed by atoms with van der Waals surface area (Å²) in [5, 5.41) is 12.8. The number of hydrogen-bond acceptors (Lipinski definition) is 2. The van der Waals surface area contributed by atoms with Crippen molar-refractivity contribution in [2.45, 2.75) is 32.6 Å². The Morgan fingerprint density at radius 2 is 2.11 bits per heavy atom. The van der Waals surface area contributed by atoms with Crippen LogP contribution in [0.25, 0.3) is 0 Å². The van der Waals surface area contributed by atoms with Crippen LogP contribution in [0.3, 0.4) is 0 Å². The van der Waals surface area contributed by atoms with Crippen LogP contribution in [0, 0.1) is 12.3 Å². The van der Waals surface area contributed by atoms with Crippen molar-refractivity contribution in [3.63, 3.8) is 0 Å². The maximum atomic E-state index is 12.1. The van der Waals surface area contributed by atoms with E-state index in [2.05, 4.69) is 5.32 Å². The van der Waals surface area contributed by atoms with E-state index in [0.717, 1.165) is 12.8 Å². The molecule has 4 heteroatoms. The van der Waals surface area contributed by atoms with Crippen LogP contribution in [0.2, 0.25) is 0 Å². The van der Waals surface area contributed by atoms with E-state index in [1.165, 1.54) is 12.8 Å². The second-order valence-electron chi connectivity index (χ2n) is 5.49. The Morgan fingerprint density at radius 3 is 2.74 bits per heavy atom. The number of rotatable bonds is 4. The Bertz CT molecular complexity index is 467. The molecule has 2 N–H and O–H groups in total.